The van der Waals surface area contributed by atoms with E-state index in [-0.39, 0.29) is 30.2 Å². The molecule has 248 valence electrons. The van der Waals surface area contributed by atoms with E-state index in [0.29, 0.717) is 44.0 Å². The van der Waals surface area contributed by atoms with E-state index in [9.17, 15) is 19.8 Å². The molecule has 6 aromatic rings. The second-order valence-corrected chi connectivity index (χ2v) is 12.0. The number of aromatic nitrogens is 4. The Labute approximate surface area is 284 Å². The minimum atomic E-state index is -0.441. The van der Waals surface area contributed by atoms with E-state index in [1.54, 1.807) is 42.7 Å². The summed E-state index contributed by atoms with van der Waals surface area (Å²) < 4.78 is 3.91. The fourth-order valence-electron chi connectivity index (χ4n) is 5.99. The minimum absolute atomic E-state index is 0.103. The van der Waals surface area contributed by atoms with Crippen molar-refractivity contribution < 1.29 is 19.8 Å². The molecule has 2 heterocycles. The van der Waals surface area contributed by atoms with Crippen LogP contribution in [0.3, 0.4) is 0 Å². The Kier molecular flexibility index (Phi) is 10.1. The number of rotatable bonds is 14. The number of phenols is 2. The maximum absolute atomic E-state index is 13.7. The SMILES string of the molecule is NC(=O)CCc1c(-c2ccccc2)nc(NC(=O)CCc2c(Cc3ccccc3)ncn2Cc2cccc(O)c2)n1Cc1cccc(O)c1. The number of aromatic hydroxyl groups is 2. The zero-order chi connectivity index (χ0) is 34.2. The molecule has 5 N–H and O–H groups in total. The number of carbonyl (C=O) groups is 2. The molecule has 0 atom stereocenters. The summed E-state index contributed by atoms with van der Waals surface area (Å²) in [6.45, 7) is 0.793. The van der Waals surface area contributed by atoms with Gasteiger partial charge in [-0.15, -0.1) is 0 Å². The molecule has 10 nitrogen and oxygen atoms in total. The molecule has 0 bridgehead atoms. The van der Waals surface area contributed by atoms with Gasteiger partial charge in [0.05, 0.1) is 24.3 Å². The fourth-order valence-corrected chi connectivity index (χ4v) is 5.99. The average Bonchev–Trinajstić information content (AvgIpc) is 3.63. The highest BCUT2D eigenvalue weighted by Crippen LogP contribution is 2.29. The molecule has 0 unspecified atom stereocenters. The molecule has 10 heteroatoms. The number of carbonyl (C=O) groups excluding carboxylic acids is 2. The molecule has 0 aliphatic heterocycles. The first-order valence-corrected chi connectivity index (χ1v) is 16.2. The van der Waals surface area contributed by atoms with Gasteiger partial charge < -0.3 is 25.1 Å². The van der Waals surface area contributed by atoms with Crippen LogP contribution in [-0.4, -0.2) is 41.1 Å². The van der Waals surface area contributed by atoms with Crippen LogP contribution in [0.5, 0.6) is 11.5 Å². The zero-order valence-electron chi connectivity index (χ0n) is 27.0. The lowest BCUT2D eigenvalue weighted by Gasteiger charge is -2.14. The number of nitrogens with zero attached hydrogens (tertiary/aromatic N) is 4. The van der Waals surface area contributed by atoms with Gasteiger partial charge in [0, 0.05) is 42.8 Å². The van der Waals surface area contributed by atoms with E-state index < -0.39 is 5.91 Å². The maximum atomic E-state index is 13.7. The molecule has 0 radical (unpaired) electrons. The van der Waals surface area contributed by atoms with E-state index in [1.807, 2.05) is 69.8 Å². The Balaban J connectivity index is 1.30. The lowest BCUT2D eigenvalue weighted by atomic mass is 10.1. The summed E-state index contributed by atoms with van der Waals surface area (Å²) >= 11 is 0. The molecular formula is C39H38N6O4. The third kappa shape index (κ3) is 8.41. The van der Waals surface area contributed by atoms with E-state index in [0.717, 1.165) is 39.3 Å². The summed E-state index contributed by atoms with van der Waals surface area (Å²) in [4.78, 5) is 35.3. The maximum Gasteiger partial charge on any atom is 0.227 e. The van der Waals surface area contributed by atoms with Crippen LogP contribution < -0.4 is 11.1 Å². The summed E-state index contributed by atoms with van der Waals surface area (Å²) in [5, 5.41) is 23.2. The predicted octanol–water partition coefficient (Wildman–Crippen LogP) is 5.83. The number of primary amides is 1. The summed E-state index contributed by atoms with van der Waals surface area (Å²) in [6.07, 6.45) is 3.39. The Morgan fingerprint density at radius 3 is 1.98 bits per heavy atom. The normalized spacial score (nSPS) is 11.0. The lowest BCUT2D eigenvalue weighted by molar-refractivity contribution is -0.118. The average molecular weight is 655 g/mol. The van der Waals surface area contributed by atoms with Crippen LogP contribution in [0.4, 0.5) is 5.95 Å². The quantitative estimate of drug-likeness (QED) is 0.116. The van der Waals surface area contributed by atoms with Crippen molar-refractivity contribution in [2.24, 2.45) is 5.73 Å². The van der Waals surface area contributed by atoms with Crippen LogP contribution in [0.15, 0.2) is 116 Å². The van der Waals surface area contributed by atoms with E-state index >= 15 is 0 Å². The van der Waals surface area contributed by atoms with Crippen LogP contribution in [0.1, 0.15) is 46.6 Å². The number of hydrogen-bond donors (Lipinski definition) is 4. The van der Waals surface area contributed by atoms with Gasteiger partial charge in [-0.3, -0.25) is 14.9 Å². The third-order valence-electron chi connectivity index (χ3n) is 8.33. The Morgan fingerprint density at radius 2 is 1.33 bits per heavy atom. The van der Waals surface area contributed by atoms with Crippen molar-refractivity contribution in [2.45, 2.75) is 45.2 Å². The molecular weight excluding hydrogens is 616 g/mol. The fraction of sp³-hybridized carbons (Fsp3) is 0.179. The first-order chi connectivity index (χ1) is 23.8. The third-order valence-corrected chi connectivity index (χ3v) is 8.33. The Bertz CT molecular complexity index is 2050. The highest BCUT2D eigenvalue weighted by molar-refractivity contribution is 5.90. The molecule has 0 aliphatic carbocycles. The summed E-state index contributed by atoms with van der Waals surface area (Å²) in [5.41, 5.74) is 12.4. The van der Waals surface area contributed by atoms with Gasteiger partial charge in [-0.2, -0.15) is 0 Å². The molecule has 2 aromatic heterocycles. The van der Waals surface area contributed by atoms with Crippen LogP contribution >= 0.6 is 0 Å². The number of benzene rings is 4. The predicted molar refractivity (Wildman–Crippen MR) is 188 cm³/mol. The highest BCUT2D eigenvalue weighted by Gasteiger charge is 2.22. The highest BCUT2D eigenvalue weighted by atomic mass is 16.3. The molecule has 0 saturated heterocycles. The molecule has 49 heavy (non-hydrogen) atoms. The second-order valence-electron chi connectivity index (χ2n) is 12.0. The molecule has 0 fully saturated rings. The van der Waals surface area contributed by atoms with Crippen molar-refractivity contribution in [3.05, 3.63) is 149 Å². The monoisotopic (exact) mass is 654 g/mol. The van der Waals surface area contributed by atoms with Gasteiger partial charge in [-0.1, -0.05) is 84.9 Å². The van der Waals surface area contributed by atoms with Crippen molar-refractivity contribution in [1.82, 2.24) is 19.1 Å². The molecule has 0 saturated carbocycles. The number of amides is 2. The van der Waals surface area contributed by atoms with Crippen molar-refractivity contribution in [3.63, 3.8) is 0 Å². The molecule has 4 aromatic carbocycles. The summed E-state index contributed by atoms with van der Waals surface area (Å²) in [7, 11) is 0. The van der Waals surface area contributed by atoms with Crippen molar-refractivity contribution in [2.75, 3.05) is 5.32 Å². The Morgan fingerprint density at radius 1 is 0.714 bits per heavy atom. The number of imidazole rings is 2. The molecule has 0 aliphatic rings. The number of nitrogens with one attached hydrogen (secondary N) is 1. The smallest absolute Gasteiger partial charge is 0.227 e. The van der Waals surface area contributed by atoms with Crippen LogP contribution in [0.2, 0.25) is 0 Å². The first kappa shape index (κ1) is 32.8. The van der Waals surface area contributed by atoms with E-state index in [2.05, 4.69) is 17.4 Å². The van der Waals surface area contributed by atoms with Crippen LogP contribution in [-0.2, 0) is 41.9 Å². The van der Waals surface area contributed by atoms with Crippen LogP contribution in [0, 0.1) is 0 Å². The lowest BCUT2D eigenvalue weighted by Crippen LogP contribution is -2.19. The minimum Gasteiger partial charge on any atom is -0.508 e. The second kappa shape index (κ2) is 15.2. The topological polar surface area (TPSA) is 148 Å². The van der Waals surface area contributed by atoms with Gasteiger partial charge >= 0.3 is 0 Å². The van der Waals surface area contributed by atoms with Gasteiger partial charge in [-0.25, -0.2) is 9.97 Å². The standard InChI is InChI=1S/C39H38N6O4/c40-36(48)19-17-35-38(30-13-5-2-6-14-30)43-39(45(35)25-29-12-8-16-32(47)22-29)42-37(49)20-18-34-33(23-27-9-3-1-4-10-27)41-26-44(34)24-28-11-7-15-31(46)21-28/h1-16,21-22,26,46-47H,17-20,23-25H2,(H2,40,48)(H,42,43,49). The van der Waals surface area contributed by atoms with Gasteiger partial charge in [-0.05, 0) is 53.8 Å². The number of hydrogen-bond acceptors (Lipinski definition) is 6. The van der Waals surface area contributed by atoms with E-state index in [4.69, 9.17) is 15.7 Å². The van der Waals surface area contributed by atoms with E-state index in [1.165, 1.54) is 0 Å². The van der Waals surface area contributed by atoms with Crippen molar-refractivity contribution >= 4 is 17.8 Å². The number of phenolic OH excluding ortho intramolecular Hbond substituents is 2. The number of nitrogens with two attached hydrogens (primary N) is 1. The largest absolute Gasteiger partial charge is 0.508 e. The number of anilines is 1. The van der Waals surface area contributed by atoms with Crippen molar-refractivity contribution in [3.8, 4) is 22.8 Å². The zero-order valence-corrected chi connectivity index (χ0v) is 27.0. The summed E-state index contributed by atoms with van der Waals surface area (Å²) in [5.74, 6) is -0.0279. The summed E-state index contributed by atoms with van der Waals surface area (Å²) in [6, 6.07) is 33.7. The van der Waals surface area contributed by atoms with Gasteiger partial charge in [0.1, 0.15) is 11.5 Å². The first-order valence-electron chi connectivity index (χ1n) is 16.2. The van der Waals surface area contributed by atoms with Gasteiger partial charge in [0.2, 0.25) is 17.8 Å². The molecule has 6 rings (SSSR count). The van der Waals surface area contributed by atoms with Crippen molar-refractivity contribution in [1.29, 1.82) is 0 Å². The van der Waals surface area contributed by atoms with Crippen LogP contribution in [0.25, 0.3) is 11.3 Å². The Hall–Kier alpha value is -6.16. The van der Waals surface area contributed by atoms with Gasteiger partial charge in [0.15, 0.2) is 0 Å². The molecule has 2 amide bonds. The molecule has 0 spiro atoms. The van der Waals surface area contributed by atoms with Gasteiger partial charge in [0.25, 0.3) is 0 Å².